The molecule has 0 saturated carbocycles. The number of carbonyl (C=O) groups is 3. The molecule has 36 heavy (non-hydrogen) atoms. The van der Waals surface area contributed by atoms with E-state index < -0.39 is 0 Å². The van der Waals surface area contributed by atoms with Crippen LogP contribution >= 0.6 is 0 Å². The molecule has 202 valence electrons. The highest BCUT2D eigenvalue weighted by molar-refractivity contribution is 6.21. The third-order valence-corrected chi connectivity index (χ3v) is 4.95. The first-order valence-electron chi connectivity index (χ1n) is 12.2. The highest BCUT2D eigenvalue weighted by Gasteiger charge is 2.34. The zero-order valence-electron chi connectivity index (χ0n) is 20.9. The number of nitrogens with zero attached hydrogens (tertiary/aromatic N) is 1. The van der Waals surface area contributed by atoms with Crippen LogP contribution in [0.3, 0.4) is 0 Å². The Bertz CT molecular complexity index is 753. The molecule has 1 aliphatic heterocycles. The minimum absolute atomic E-state index is 0.214. The van der Waals surface area contributed by atoms with Gasteiger partial charge in [0.1, 0.15) is 0 Å². The Kier molecular flexibility index (Phi) is 15.6. The Labute approximate surface area is 211 Å². The van der Waals surface area contributed by atoms with Crippen molar-refractivity contribution in [2.24, 2.45) is 0 Å². The second-order valence-electron chi connectivity index (χ2n) is 7.54. The summed E-state index contributed by atoms with van der Waals surface area (Å²) in [5, 5.41) is 0. The summed E-state index contributed by atoms with van der Waals surface area (Å²) in [6.07, 6.45) is 0.247. The summed E-state index contributed by atoms with van der Waals surface area (Å²) < 4.78 is 37.2. The number of ether oxygens (including phenoxy) is 7. The van der Waals surface area contributed by atoms with Gasteiger partial charge in [-0.05, 0) is 19.1 Å². The standard InChI is InChI=1S/C25H37NO10/c1-2-36-23(27)7-9-30-11-13-32-15-17-34-19-20-35-18-16-33-14-12-31-10-8-26-24(28)21-5-3-4-6-22(21)25(26)29/h3-6H,2,7-20H2,1H3. The molecule has 1 heterocycles. The van der Waals surface area contributed by atoms with Gasteiger partial charge in [0.05, 0.1) is 110 Å². The average molecular weight is 512 g/mol. The SMILES string of the molecule is CCOC(=O)CCOCCOCCOCCOCCOCCOCCN1C(=O)c2ccccc2C1=O. The topological polar surface area (TPSA) is 119 Å². The Morgan fingerprint density at radius 3 is 1.44 bits per heavy atom. The molecule has 0 fully saturated rings. The number of esters is 1. The largest absolute Gasteiger partial charge is 0.466 e. The van der Waals surface area contributed by atoms with Crippen LogP contribution in [-0.2, 0) is 38.0 Å². The van der Waals surface area contributed by atoms with Gasteiger partial charge in [0, 0.05) is 0 Å². The van der Waals surface area contributed by atoms with Crippen molar-refractivity contribution in [3.63, 3.8) is 0 Å². The van der Waals surface area contributed by atoms with Crippen LogP contribution in [0, 0.1) is 0 Å². The molecule has 0 radical (unpaired) electrons. The summed E-state index contributed by atoms with van der Waals surface area (Å²) in [5.74, 6) is -0.819. The van der Waals surface area contributed by atoms with E-state index in [0.29, 0.717) is 90.4 Å². The lowest BCUT2D eigenvalue weighted by Crippen LogP contribution is -2.33. The van der Waals surface area contributed by atoms with Crippen molar-refractivity contribution in [2.45, 2.75) is 13.3 Å². The first-order valence-corrected chi connectivity index (χ1v) is 12.2. The molecule has 2 amide bonds. The van der Waals surface area contributed by atoms with Crippen LogP contribution in [0.5, 0.6) is 0 Å². The number of amides is 2. The normalized spacial score (nSPS) is 12.9. The molecule has 0 aliphatic carbocycles. The van der Waals surface area contributed by atoms with Crippen LogP contribution < -0.4 is 0 Å². The summed E-state index contributed by atoms with van der Waals surface area (Å²) in [5.41, 5.74) is 0.881. The predicted octanol–water partition coefficient (Wildman–Crippen LogP) is 1.34. The van der Waals surface area contributed by atoms with Gasteiger partial charge in [-0.15, -0.1) is 0 Å². The molecule has 11 nitrogen and oxygen atoms in total. The molecule has 1 aromatic carbocycles. The Hall–Kier alpha value is -2.41. The second-order valence-corrected chi connectivity index (χ2v) is 7.54. The lowest BCUT2D eigenvalue weighted by molar-refractivity contribution is -0.144. The van der Waals surface area contributed by atoms with E-state index in [9.17, 15) is 14.4 Å². The van der Waals surface area contributed by atoms with Crippen molar-refractivity contribution in [1.29, 1.82) is 0 Å². The number of hydrogen-bond acceptors (Lipinski definition) is 10. The second kappa shape index (κ2) is 18.8. The lowest BCUT2D eigenvalue weighted by Gasteiger charge is -2.13. The molecule has 1 aliphatic rings. The van der Waals surface area contributed by atoms with Crippen LogP contribution in [-0.4, -0.2) is 115 Å². The van der Waals surface area contributed by atoms with E-state index in [4.69, 9.17) is 33.2 Å². The Balaban J connectivity index is 1.28. The molecule has 0 saturated heterocycles. The summed E-state index contributed by atoms with van der Waals surface area (Å²) in [7, 11) is 0. The Morgan fingerprint density at radius 2 is 1.03 bits per heavy atom. The van der Waals surface area contributed by atoms with Gasteiger partial charge in [0.2, 0.25) is 0 Å². The van der Waals surface area contributed by atoms with Gasteiger partial charge in [0.25, 0.3) is 11.8 Å². The van der Waals surface area contributed by atoms with Gasteiger partial charge in [0.15, 0.2) is 0 Å². The molecule has 1 aromatic rings. The molecular formula is C25H37NO10. The maximum absolute atomic E-state index is 12.2. The molecular weight excluding hydrogens is 474 g/mol. The van der Waals surface area contributed by atoms with Crippen molar-refractivity contribution in [1.82, 2.24) is 4.90 Å². The quantitative estimate of drug-likeness (QED) is 0.128. The van der Waals surface area contributed by atoms with Crippen LogP contribution in [0.1, 0.15) is 34.1 Å². The minimum Gasteiger partial charge on any atom is -0.466 e. The summed E-state index contributed by atoms with van der Waals surface area (Å²) in [6.45, 7) is 7.26. The van der Waals surface area contributed by atoms with Crippen LogP contribution in [0.2, 0.25) is 0 Å². The van der Waals surface area contributed by atoms with Gasteiger partial charge < -0.3 is 33.2 Å². The first-order chi connectivity index (χ1) is 17.6. The van der Waals surface area contributed by atoms with E-state index in [1.807, 2.05) is 0 Å². The van der Waals surface area contributed by atoms with Crippen molar-refractivity contribution in [3.8, 4) is 0 Å². The lowest BCUT2D eigenvalue weighted by atomic mass is 10.1. The number of hydrogen-bond donors (Lipinski definition) is 0. The molecule has 2 rings (SSSR count). The summed E-state index contributed by atoms with van der Waals surface area (Å²) in [4.78, 5) is 36.8. The summed E-state index contributed by atoms with van der Waals surface area (Å²) in [6, 6.07) is 6.80. The van der Waals surface area contributed by atoms with Gasteiger partial charge >= 0.3 is 5.97 Å². The highest BCUT2D eigenvalue weighted by Crippen LogP contribution is 2.21. The number of carbonyl (C=O) groups excluding carboxylic acids is 3. The molecule has 11 heteroatoms. The number of imide groups is 1. The van der Waals surface area contributed by atoms with Crippen molar-refractivity contribution in [2.75, 3.05) is 92.4 Å². The molecule has 0 unspecified atom stereocenters. The van der Waals surface area contributed by atoms with Crippen molar-refractivity contribution in [3.05, 3.63) is 35.4 Å². The first kappa shape index (κ1) is 29.8. The maximum atomic E-state index is 12.2. The smallest absolute Gasteiger partial charge is 0.308 e. The number of benzene rings is 1. The Morgan fingerprint density at radius 1 is 0.639 bits per heavy atom. The number of fused-ring (bicyclic) bond motifs is 1. The molecule has 0 aromatic heterocycles. The summed E-state index contributed by atoms with van der Waals surface area (Å²) >= 11 is 0. The van der Waals surface area contributed by atoms with Gasteiger partial charge in [-0.2, -0.15) is 0 Å². The monoisotopic (exact) mass is 511 g/mol. The average Bonchev–Trinajstić information content (AvgIpc) is 3.12. The van der Waals surface area contributed by atoms with Crippen LogP contribution in [0.4, 0.5) is 0 Å². The fourth-order valence-electron chi connectivity index (χ4n) is 3.19. The van der Waals surface area contributed by atoms with E-state index in [-0.39, 0.29) is 37.4 Å². The molecule has 0 bridgehead atoms. The van der Waals surface area contributed by atoms with Gasteiger partial charge in [-0.3, -0.25) is 19.3 Å². The van der Waals surface area contributed by atoms with E-state index in [2.05, 4.69) is 0 Å². The van der Waals surface area contributed by atoms with Crippen LogP contribution in [0.25, 0.3) is 0 Å². The zero-order chi connectivity index (χ0) is 25.8. The third kappa shape index (κ3) is 11.5. The maximum Gasteiger partial charge on any atom is 0.308 e. The fourth-order valence-corrected chi connectivity index (χ4v) is 3.19. The fraction of sp³-hybridized carbons (Fsp3) is 0.640. The van der Waals surface area contributed by atoms with Crippen molar-refractivity contribution >= 4 is 17.8 Å². The highest BCUT2D eigenvalue weighted by atomic mass is 16.6. The minimum atomic E-state index is -0.280. The zero-order valence-corrected chi connectivity index (χ0v) is 20.9. The third-order valence-electron chi connectivity index (χ3n) is 4.95. The van der Waals surface area contributed by atoms with Gasteiger partial charge in [-0.25, -0.2) is 0 Å². The number of rotatable bonds is 22. The van der Waals surface area contributed by atoms with E-state index in [1.165, 1.54) is 4.90 Å². The molecule has 0 N–H and O–H groups in total. The molecule has 0 spiro atoms. The van der Waals surface area contributed by atoms with Crippen molar-refractivity contribution < 1.29 is 47.5 Å². The van der Waals surface area contributed by atoms with E-state index >= 15 is 0 Å². The van der Waals surface area contributed by atoms with Gasteiger partial charge in [-0.1, -0.05) is 12.1 Å². The van der Waals surface area contributed by atoms with E-state index in [1.54, 1.807) is 31.2 Å². The van der Waals surface area contributed by atoms with Crippen LogP contribution in [0.15, 0.2) is 24.3 Å². The molecule has 0 atom stereocenters. The predicted molar refractivity (Wildman–Crippen MR) is 128 cm³/mol. The van der Waals surface area contributed by atoms with E-state index in [0.717, 1.165) is 0 Å².